The molecule has 0 aromatic heterocycles. The van der Waals surface area contributed by atoms with E-state index in [-0.39, 0.29) is 5.41 Å². The van der Waals surface area contributed by atoms with Crippen molar-refractivity contribution in [1.29, 1.82) is 0 Å². The zero-order chi connectivity index (χ0) is 16.9. The Labute approximate surface area is 138 Å². The molecule has 2 aromatic carbocycles. The molecule has 0 saturated heterocycles. The van der Waals surface area contributed by atoms with E-state index in [2.05, 4.69) is 50.4 Å². The average Bonchev–Trinajstić information content (AvgIpc) is 2.53. The fraction of sp³-hybridized carbons (Fsp3) is 0.350. The van der Waals surface area contributed by atoms with Crippen LogP contribution in [0.2, 0.25) is 0 Å². The van der Waals surface area contributed by atoms with Crippen molar-refractivity contribution >= 4 is 5.97 Å². The molecule has 0 saturated carbocycles. The molecule has 2 N–H and O–H groups in total. The molecule has 3 nitrogen and oxygen atoms in total. The minimum absolute atomic E-state index is 0.0938. The van der Waals surface area contributed by atoms with E-state index in [4.69, 9.17) is 5.11 Å². The molecule has 0 aliphatic rings. The van der Waals surface area contributed by atoms with Gasteiger partial charge >= 0.3 is 5.97 Å². The summed E-state index contributed by atoms with van der Waals surface area (Å²) in [5.74, 6) is -0.884. The molecular formula is C20H25NO2. The minimum Gasteiger partial charge on any atom is -0.478 e. The number of carboxylic acid groups (broad SMARTS) is 1. The first-order valence-corrected chi connectivity index (χ1v) is 7.99. The highest BCUT2D eigenvalue weighted by Gasteiger charge is 2.22. The van der Waals surface area contributed by atoms with E-state index in [9.17, 15) is 4.79 Å². The van der Waals surface area contributed by atoms with Gasteiger partial charge in [0.25, 0.3) is 0 Å². The van der Waals surface area contributed by atoms with Crippen LogP contribution in [0.4, 0.5) is 0 Å². The fourth-order valence-corrected chi connectivity index (χ4v) is 2.95. The summed E-state index contributed by atoms with van der Waals surface area (Å²) in [5, 5.41) is 12.5. The molecule has 2 aromatic rings. The van der Waals surface area contributed by atoms with Gasteiger partial charge in [-0.25, -0.2) is 4.79 Å². The van der Waals surface area contributed by atoms with E-state index < -0.39 is 5.97 Å². The normalized spacial score (nSPS) is 12.8. The van der Waals surface area contributed by atoms with Crippen LogP contribution < -0.4 is 5.32 Å². The highest BCUT2D eigenvalue weighted by Crippen LogP contribution is 2.28. The first-order valence-electron chi connectivity index (χ1n) is 7.99. The monoisotopic (exact) mass is 311 g/mol. The second-order valence-electron chi connectivity index (χ2n) is 6.74. The summed E-state index contributed by atoms with van der Waals surface area (Å²) in [6, 6.07) is 18.0. The van der Waals surface area contributed by atoms with Gasteiger partial charge in [-0.05, 0) is 42.0 Å². The molecule has 0 amide bonds. The number of aromatic carboxylic acids is 1. The Balaban J connectivity index is 1.93. The van der Waals surface area contributed by atoms with E-state index in [1.807, 2.05) is 12.1 Å². The van der Waals surface area contributed by atoms with Gasteiger partial charge in [-0.15, -0.1) is 0 Å². The van der Waals surface area contributed by atoms with Crippen molar-refractivity contribution in [2.45, 2.75) is 45.2 Å². The molecule has 0 radical (unpaired) electrons. The second-order valence-corrected chi connectivity index (χ2v) is 6.74. The maximum Gasteiger partial charge on any atom is 0.335 e. The molecule has 23 heavy (non-hydrogen) atoms. The molecule has 122 valence electrons. The number of benzene rings is 2. The Kier molecular flexibility index (Phi) is 5.56. The van der Waals surface area contributed by atoms with Crippen LogP contribution in [0.15, 0.2) is 54.6 Å². The molecule has 2 rings (SSSR count). The third kappa shape index (κ3) is 4.93. The highest BCUT2D eigenvalue weighted by atomic mass is 16.4. The van der Waals surface area contributed by atoms with Crippen molar-refractivity contribution in [3.05, 3.63) is 71.3 Å². The molecular weight excluding hydrogens is 286 g/mol. The second kappa shape index (κ2) is 7.42. The lowest BCUT2D eigenvalue weighted by atomic mass is 9.79. The van der Waals surface area contributed by atoms with Gasteiger partial charge in [0.1, 0.15) is 0 Å². The number of rotatable bonds is 7. The van der Waals surface area contributed by atoms with Gasteiger partial charge in [-0.3, -0.25) is 0 Å². The van der Waals surface area contributed by atoms with E-state index in [0.29, 0.717) is 18.2 Å². The lowest BCUT2D eigenvalue weighted by molar-refractivity contribution is 0.0696. The van der Waals surface area contributed by atoms with Gasteiger partial charge in [-0.2, -0.15) is 0 Å². The molecule has 3 heteroatoms. The third-order valence-electron chi connectivity index (χ3n) is 4.20. The highest BCUT2D eigenvalue weighted by molar-refractivity contribution is 5.87. The van der Waals surface area contributed by atoms with Gasteiger partial charge in [0.05, 0.1) is 5.56 Å². The van der Waals surface area contributed by atoms with Crippen molar-refractivity contribution in [3.63, 3.8) is 0 Å². The van der Waals surface area contributed by atoms with Gasteiger partial charge in [0.15, 0.2) is 0 Å². The standard InChI is InChI=1S/C20H25NO2/c1-15(13-20(2,3)18-10-5-4-6-11-18)21-14-16-8-7-9-17(12-16)19(22)23/h4-12,15,21H,13-14H2,1-3H3,(H,22,23). The predicted octanol–water partition coefficient (Wildman–Crippen LogP) is 4.23. The van der Waals surface area contributed by atoms with E-state index in [0.717, 1.165) is 12.0 Å². The summed E-state index contributed by atoms with van der Waals surface area (Å²) in [6.07, 6.45) is 1.01. The Bertz CT molecular complexity index is 650. The van der Waals surface area contributed by atoms with Crippen LogP contribution >= 0.6 is 0 Å². The maximum absolute atomic E-state index is 11.0. The van der Waals surface area contributed by atoms with Crippen molar-refractivity contribution in [3.8, 4) is 0 Å². The van der Waals surface area contributed by atoms with Gasteiger partial charge < -0.3 is 10.4 Å². The van der Waals surface area contributed by atoms with Gasteiger partial charge in [0.2, 0.25) is 0 Å². The molecule has 1 atom stereocenters. The Morgan fingerprint density at radius 1 is 1.13 bits per heavy atom. The summed E-state index contributed by atoms with van der Waals surface area (Å²) in [5.41, 5.74) is 2.76. The van der Waals surface area contributed by atoms with Crippen LogP contribution in [0.25, 0.3) is 0 Å². The molecule has 0 fully saturated rings. The third-order valence-corrected chi connectivity index (χ3v) is 4.20. The average molecular weight is 311 g/mol. The van der Waals surface area contributed by atoms with Crippen molar-refractivity contribution < 1.29 is 9.90 Å². The summed E-state index contributed by atoms with van der Waals surface area (Å²) in [6.45, 7) is 7.36. The Morgan fingerprint density at radius 3 is 2.48 bits per heavy atom. The number of carboxylic acids is 1. The summed E-state index contributed by atoms with van der Waals surface area (Å²) >= 11 is 0. The number of hydrogen-bond donors (Lipinski definition) is 2. The Hall–Kier alpha value is -2.13. The quantitative estimate of drug-likeness (QED) is 0.804. The summed E-state index contributed by atoms with van der Waals surface area (Å²) < 4.78 is 0. The van der Waals surface area contributed by atoms with E-state index in [1.54, 1.807) is 18.2 Å². The number of nitrogens with one attached hydrogen (secondary N) is 1. The van der Waals surface area contributed by atoms with Crippen LogP contribution in [0.1, 0.15) is 48.7 Å². The maximum atomic E-state index is 11.0. The molecule has 1 unspecified atom stereocenters. The van der Waals surface area contributed by atoms with Crippen molar-refractivity contribution in [1.82, 2.24) is 5.32 Å². The first kappa shape index (κ1) is 17.2. The zero-order valence-electron chi connectivity index (χ0n) is 14.0. The van der Waals surface area contributed by atoms with Gasteiger partial charge in [0, 0.05) is 12.6 Å². The molecule has 0 heterocycles. The summed E-state index contributed by atoms with van der Waals surface area (Å²) in [7, 11) is 0. The van der Waals surface area contributed by atoms with Crippen LogP contribution in [0, 0.1) is 0 Å². The SMILES string of the molecule is CC(CC(C)(C)c1ccccc1)NCc1cccc(C(=O)O)c1. The largest absolute Gasteiger partial charge is 0.478 e. The zero-order valence-corrected chi connectivity index (χ0v) is 14.0. The topological polar surface area (TPSA) is 49.3 Å². The van der Waals surface area contributed by atoms with Crippen molar-refractivity contribution in [2.24, 2.45) is 0 Å². The van der Waals surface area contributed by atoms with Crippen LogP contribution in [-0.2, 0) is 12.0 Å². The van der Waals surface area contributed by atoms with Crippen LogP contribution in [0.3, 0.4) is 0 Å². The Morgan fingerprint density at radius 2 is 1.83 bits per heavy atom. The van der Waals surface area contributed by atoms with E-state index in [1.165, 1.54) is 5.56 Å². The smallest absolute Gasteiger partial charge is 0.335 e. The van der Waals surface area contributed by atoms with Gasteiger partial charge in [-0.1, -0.05) is 56.3 Å². The summed E-state index contributed by atoms with van der Waals surface area (Å²) in [4.78, 5) is 11.0. The van der Waals surface area contributed by atoms with Crippen LogP contribution in [-0.4, -0.2) is 17.1 Å². The fourth-order valence-electron chi connectivity index (χ4n) is 2.95. The minimum atomic E-state index is -0.884. The van der Waals surface area contributed by atoms with E-state index >= 15 is 0 Å². The predicted molar refractivity (Wildman–Crippen MR) is 93.8 cm³/mol. The molecule has 0 aliphatic carbocycles. The van der Waals surface area contributed by atoms with Crippen LogP contribution in [0.5, 0.6) is 0 Å². The number of carbonyl (C=O) groups is 1. The lowest BCUT2D eigenvalue weighted by Gasteiger charge is -2.29. The first-order chi connectivity index (χ1) is 10.9. The lowest BCUT2D eigenvalue weighted by Crippen LogP contribution is -2.33. The number of hydrogen-bond acceptors (Lipinski definition) is 2. The molecule has 0 spiro atoms. The molecule has 0 aliphatic heterocycles. The van der Waals surface area contributed by atoms with Crippen molar-refractivity contribution in [2.75, 3.05) is 0 Å². The molecule has 0 bridgehead atoms.